The summed E-state index contributed by atoms with van der Waals surface area (Å²) in [5.74, 6) is 0.507. The topological polar surface area (TPSA) is 51.5 Å². The van der Waals surface area contributed by atoms with Crippen LogP contribution in [0.5, 0.6) is 5.75 Å². The summed E-state index contributed by atoms with van der Waals surface area (Å²) in [4.78, 5) is 26.9. The smallest absolute Gasteiger partial charge is 0.293 e. The maximum atomic E-state index is 12.8. The van der Waals surface area contributed by atoms with Gasteiger partial charge >= 0.3 is 0 Å². The van der Waals surface area contributed by atoms with Crippen molar-refractivity contribution >= 4 is 40.6 Å². The second kappa shape index (κ2) is 8.42. The van der Waals surface area contributed by atoms with Gasteiger partial charge in [-0.15, -0.1) is 0 Å². The number of hydrogen-bond donors (Lipinski definition) is 0. The van der Waals surface area contributed by atoms with Crippen LogP contribution in [-0.2, 0) is 11.3 Å². The summed E-state index contributed by atoms with van der Waals surface area (Å²) in [6.45, 7) is 2.22. The number of rotatable bonds is 5. The third kappa shape index (κ3) is 4.15. The minimum Gasteiger partial charge on any atom is -0.497 e. The molecule has 1 fully saturated rings. The normalized spacial score (nSPS) is 15.3. The largest absolute Gasteiger partial charge is 0.497 e. The van der Waals surface area contributed by atoms with Gasteiger partial charge in [0.1, 0.15) is 5.75 Å². The Morgan fingerprint density at radius 2 is 1.77 bits per heavy atom. The van der Waals surface area contributed by atoms with E-state index in [1.54, 1.807) is 25.3 Å². The van der Waals surface area contributed by atoms with Gasteiger partial charge in [0.15, 0.2) is 0 Å². The maximum Gasteiger partial charge on any atom is 0.293 e. The summed E-state index contributed by atoms with van der Waals surface area (Å²) >= 11 is 6.87. The van der Waals surface area contributed by atoms with Crippen molar-refractivity contribution in [3.05, 3.63) is 87.5 Å². The third-order valence-electron chi connectivity index (χ3n) is 4.81. The van der Waals surface area contributed by atoms with Gasteiger partial charge < -0.3 is 9.30 Å². The van der Waals surface area contributed by atoms with Gasteiger partial charge in [0, 0.05) is 22.6 Å². The first-order valence-electron chi connectivity index (χ1n) is 9.28. The van der Waals surface area contributed by atoms with Crippen LogP contribution < -0.4 is 4.74 Å². The fourth-order valence-electron chi connectivity index (χ4n) is 3.26. The summed E-state index contributed by atoms with van der Waals surface area (Å²) in [5.41, 5.74) is 3.72. The standard InChI is InChI=1S/C23H19ClN2O3S/c1-15-11-17(14-25(15)19-7-9-20(29-2)10-8-19)12-21-22(27)26(23(28)30-21)13-16-3-5-18(24)6-4-16/h3-12,14H,13H2,1-2H3/b21-12+. The van der Waals surface area contributed by atoms with E-state index in [-0.39, 0.29) is 17.7 Å². The highest BCUT2D eigenvalue weighted by molar-refractivity contribution is 8.18. The number of ether oxygens (including phenoxy) is 1. The molecular weight excluding hydrogens is 420 g/mol. The number of methoxy groups -OCH3 is 1. The molecule has 5 nitrogen and oxygen atoms in total. The van der Waals surface area contributed by atoms with Gasteiger partial charge in [0.05, 0.1) is 18.6 Å². The molecule has 0 atom stereocenters. The summed E-state index contributed by atoms with van der Waals surface area (Å²) in [7, 11) is 1.63. The van der Waals surface area contributed by atoms with Crippen molar-refractivity contribution in [2.75, 3.05) is 7.11 Å². The van der Waals surface area contributed by atoms with Crippen LogP contribution in [0, 0.1) is 6.92 Å². The fraction of sp³-hybridized carbons (Fsp3) is 0.130. The molecular formula is C23H19ClN2O3S. The van der Waals surface area contributed by atoms with E-state index in [1.807, 2.05) is 60.2 Å². The van der Waals surface area contributed by atoms with Gasteiger partial charge in [-0.1, -0.05) is 23.7 Å². The SMILES string of the molecule is COc1ccc(-n2cc(/C=C3/SC(=O)N(Cc4ccc(Cl)cc4)C3=O)cc2C)cc1. The molecule has 1 aliphatic rings. The predicted octanol–water partition coefficient (Wildman–Crippen LogP) is 5.68. The molecule has 0 spiro atoms. The number of halogens is 1. The molecule has 1 aliphatic heterocycles. The highest BCUT2D eigenvalue weighted by Crippen LogP contribution is 2.34. The number of imide groups is 1. The van der Waals surface area contributed by atoms with Crippen LogP contribution in [0.3, 0.4) is 0 Å². The van der Waals surface area contributed by atoms with Crippen molar-refractivity contribution in [3.63, 3.8) is 0 Å². The minimum absolute atomic E-state index is 0.227. The van der Waals surface area contributed by atoms with Crippen LogP contribution in [0.1, 0.15) is 16.8 Å². The Morgan fingerprint density at radius 3 is 2.43 bits per heavy atom. The van der Waals surface area contributed by atoms with Gasteiger partial charge in [0.2, 0.25) is 0 Å². The first kappa shape index (κ1) is 20.3. The van der Waals surface area contributed by atoms with Crippen LogP contribution in [0.4, 0.5) is 4.79 Å². The summed E-state index contributed by atoms with van der Waals surface area (Å²) in [5, 5.41) is 0.344. The number of hydrogen-bond acceptors (Lipinski definition) is 4. The van der Waals surface area contributed by atoms with Crippen molar-refractivity contribution in [2.45, 2.75) is 13.5 Å². The number of carbonyl (C=O) groups is 2. The van der Waals surface area contributed by atoms with Crippen molar-refractivity contribution in [1.82, 2.24) is 9.47 Å². The van der Waals surface area contributed by atoms with Crippen molar-refractivity contribution in [2.24, 2.45) is 0 Å². The lowest BCUT2D eigenvalue weighted by atomic mass is 10.2. The Labute approximate surface area is 183 Å². The van der Waals surface area contributed by atoms with Crippen LogP contribution >= 0.6 is 23.4 Å². The fourth-order valence-corrected chi connectivity index (χ4v) is 4.22. The summed E-state index contributed by atoms with van der Waals surface area (Å²) in [6, 6.07) is 16.8. The number of amides is 2. The highest BCUT2D eigenvalue weighted by atomic mass is 35.5. The molecule has 152 valence electrons. The van der Waals surface area contributed by atoms with Crippen LogP contribution in [-0.4, -0.2) is 27.7 Å². The Balaban J connectivity index is 1.55. The molecule has 0 N–H and O–H groups in total. The lowest BCUT2D eigenvalue weighted by molar-refractivity contribution is -0.123. The van der Waals surface area contributed by atoms with E-state index in [4.69, 9.17) is 16.3 Å². The molecule has 0 bridgehead atoms. The zero-order valence-corrected chi connectivity index (χ0v) is 18.0. The molecule has 2 amide bonds. The molecule has 1 saturated heterocycles. The van der Waals surface area contributed by atoms with Gasteiger partial charge in [0.25, 0.3) is 11.1 Å². The molecule has 1 aromatic heterocycles. The lowest BCUT2D eigenvalue weighted by Gasteiger charge is -2.12. The molecule has 2 heterocycles. The third-order valence-corrected chi connectivity index (χ3v) is 5.97. The van der Waals surface area contributed by atoms with Crippen molar-refractivity contribution < 1.29 is 14.3 Å². The Kier molecular flexibility index (Phi) is 5.70. The van der Waals surface area contributed by atoms with E-state index in [2.05, 4.69) is 0 Å². The number of carbonyl (C=O) groups excluding carboxylic acids is 2. The molecule has 7 heteroatoms. The Bertz CT molecular complexity index is 1130. The zero-order valence-electron chi connectivity index (χ0n) is 16.5. The number of nitrogens with zero attached hydrogens (tertiary/aromatic N) is 2. The van der Waals surface area contributed by atoms with E-state index in [0.717, 1.165) is 40.0 Å². The molecule has 3 aromatic rings. The second-order valence-electron chi connectivity index (χ2n) is 6.88. The zero-order chi connectivity index (χ0) is 21.3. The average Bonchev–Trinajstić information content (AvgIpc) is 3.23. The molecule has 0 aliphatic carbocycles. The van der Waals surface area contributed by atoms with Crippen LogP contribution in [0.2, 0.25) is 5.02 Å². The van der Waals surface area contributed by atoms with E-state index >= 15 is 0 Å². The minimum atomic E-state index is -0.283. The van der Waals surface area contributed by atoms with Crippen molar-refractivity contribution in [1.29, 1.82) is 0 Å². The number of aromatic nitrogens is 1. The Hall–Kier alpha value is -2.96. The van der Waals surface area contributed by atoms with E-state index in [9.17, 15) is 9.59 Å². The molecule has 0 saturated carbocycles. The van der Waals surface area contributed by atoms with Crippen molar-refractivity contribution in [3.8, 4) is 11.4 Å². The molecule has 4 rings (SSSR count). The number of aryl methyl sites for hydroxylation is 1. The van der Waals surface area contributed by atoms with Gasteiger partial charge in [-0.2, -0.15) is 0 Å². The lowest BCUT2D eigenvalue weighted by Crippen LogP contribution is -2.27. The van der Waals surface area contributed by atoms with E-state index in [1.165, 1.54) is 4.90 Å². The van der Waals surface area contributed by atoms with Gasteiger partial charge in [-0.25, -0.2) is 0 Å². The highest BCUT2D eigenvalue weighted by Gasteiger charge is 2.35. The molecule has 0 radical (unpaired) electrons. The molecule has 2 aromatic carbocycles. The van der Waals surface area contributed by atoms with Crippen LogP contribution in [0.15, 0.2) is 65.7 Å². The summed E-state index contributed by atoms with van der Waals surface area (Å²) < 4.78 is 7.24. The first-order valence-corrected chi connectivity index (χ1v) is 10.5. The second-order valence-corrected chi connectivity index (χ2v) is 8.31. The molecule has 30 heavy (non-hydrogen) atoms. The quantitative estimate of drug-likeness (QED) is 0.480. The van der Waals surface area contributed by atoms with Gasteiger partial charge in [-0.3, -0.25) is 14.5 Å². The average molecular weight is 439 g/mol. The van der Waals surface area contributed by atoms with Gasteiger partial charge in [-0.05, 0) is 78.4 Å². The Morgan fingerprint density at radius 1 is 1.07 bits per heavy atom. The monoisotopic (exact) mass is 438 g/mol. The van der Waals surface area contributed by atoms with Crippen LogP contribution in [0.25, 0.3) is 11.8 Å². The number of thioether (sulfide) groups is 1. The maximum absolute atomic E-state index is 12.8. The molecule has 0 unspecified atom stereocenters. The summed E-state index contributed by atoms with van der Waals surface area (Å²) in [6.07, 6.45) is 3.71. The number of benzene rings is 2. The van der Waals surface area contributed by atoms with E-state index in [0.29, 0.717) is 9.93 Å². The predicted molar refractivity (Wildman–Crippen MR) is 120 cm³/mol. The van der Waals surface area contributed by atoms with E-state index < -0.39 is 0 Å². The first-order chi connectivity index (χ1) is 14.4.